The Kier molecular flexibility index (Phi) is 5.95. The fraction of sp³-hybridized carbons (Fsp3) is 0.417. The van der Waals surface area contributed by atoms with Crippen LogP contribution in [-0.4, -0.2) is 28.4 Å². The van der Waals surface area contributed by atoms with Gasteiger partial charge >= 0.3 is 11.9 Å². The fourth-order valence-electron chi connectivity index (χ4n) is 5.16. The van der Waals surface area contributed by atoms with Gasteiger partial charge in [-0.15, -0.1) is 0 Å². The van der Waals surface area contributed by atoms with Crippen LogP contribution in [0.25, 0.3) is 0 Å². The molecule has 32 heavy (non-hydrogen) atoms. The predicted octanol–water partition coefficient (Wildman–Crippen LogP) is 3.98. The van der Waals surface area contributed by atoms with Crippen molar-refractivity contribution in [1.29, 1.82) is 0 Å². The number of amides is 1. The van der Waals surface area contributed by atoms with E-state index < -0.39 is 35.3 Å². The van der Waals surface area contributed by atoms with Gasteiger partial charge in [-0.3, -0.25) is 19.4 Å². The van der Waals surface area contributed by atoms with Gasteiger partial charge in [0, 0.05) is 44.0 Å². The molecule has 1 fully saturated rings. The molecule has 0 saturated heterocycles. The van der Waals surface area contributed by atoms with E-state index in [-0.39, 0.29) is 17.4 Å². The third-order valence-electron chi connectivity index (χ3n) is 6.19. The second-order valence-electron chi connectivity index (χ2n) is 8.40. The minimum atomic E-state index is -0.875. The number of esters is 2. The molecule has 168 valence electrons. The maximum absolute atomic E-state index is 14.6. The summed E-state index contributed by atoms with van der Waals surface area (Å²) in [5.41, 5.74) is 0.485. The number of aromatic nitrogens is 1. The lowest BCUT2D eigenvalue weighted by molar-refractivity contribution is -0.166. The molecule has 0 radical (unpaired) electrons. The molecule has 1 amide bonds. The van der Waals surface area contributed by atoms with Crippen molar-refractivity contribution >= 4 is 17.8 Å². The first-order chi connectivity index (χ1) is 15.3. The topological polar surface area (TPSA) is 94.6 Å². The number of nitrogens with one attached hydrogen (secondary N) is 1. The number of hydrogen-bond acceptors (Lipinski definition) is 6. The number of benzene rings is 1. The van der Waals surface area contributed by atoms with Crippen LogP contribution >= 0.6 is 0 Å². The van der Waals surface area contributed by atoms with Crippen LogP contribution in [0.3, 0.4) is 0 Å². The van der Waals surface area contributed by atoms with Crippen molar-refractivity contribution < 1.29 is 28.2 Å². The zero-order valence-electron chi connectivity index (χ0n) is 18.0. The zero-order valence-corrected chi connectivity index (χ0v) is 18.0. The molecular formula is C24H25FN2O5. The third-order valence-corrected chi connectivity index (χ3v) is 6.19. The highest BCUT2D eigenvalue weighted by molar-refractivity contribution is 5.92. The molecule has 1 heterocycles. The monoisotopic (exact) mass is 440 g/mol. The Balaban J connectivity index is 1.84. The van der Waals surface area contributed by atoms with E-state index in [1.165, 1.54) is 26.1 Å². The first kappa shape index (κ1) is 21.9. The summed E-state index contributed by atoms with van der Waals surface area (Å²) in [6.45, 7) is 2.60. The summed E-state index contributed by atoms with van der Waals surface area (Å²) in [6, 6.07) is 6.88. The SMILES string of the molecule is CC(=O)Oc1cc(F)cc2c1[C@H](NC(=O)c1ccccn1)C[C@@]1(OC(C)=O)CCCC[C@@H]21. The number of hydrogen-bond donors (Lipinski definition) is 1. The summed E-state index contributed by atoms with van der Waals surface area (Å²) in [5.74, 6) is -2.19. The van der Waals surface area contributed by atoms with E-state index in [4.69, 9.17) is 9.47 Å². The van der Waals surface area contributed by atoms with Gasteiger partial charge in [0.25, 0.3) is 5.91 Å². The highest BCUT2D eigenvalue weighted by atomic mass is 19.1. The van der Waals surface area contributed by atoms with Crippen molar-refractivity contribution in [2.45, 2.75) is 63.5 Å². The Labute approximate surface area is 185 Å². The van der Waals surface area contributed by atoms with Gasteiger partial charge in [-0.2, -0.15) is 0 Å². The number of carbonyl (C=O) groups excluding carboxylic acids is 3. The van der Waals surface area contributed by atoms with Crippen molar-refractivity contribution in [3.8, 4) is 5.75 Å². The number of fused-ring (bicyclic) bond motifs is 3. The Bertz CT molecular complexity index is 1060. The number of halogens is 1. The van der Waals surface area contributed by atoms with Crippen LogP contribution in [0.1, 0.15) is 79.5 Å². The minimum Gasteiger partial charge on any atom is -0.459 e. The van der Waals surface area contributed by atoms with Crippen LogP contribution in [0.4, 0.5) is 4.39 Å². The van der Waals surface area contributed by atoms with Gasteiger partial charge in [-0.25, -0.2) is 4.39 Å². The summed E-state index contributed by atoms with van der Waals surface area (Å²) in [4.78, 5) is 40.8. The standard InChI is InChI=1S/C24H25FN2O5/c1-14(28)31-21-12-16(25)11-17-18-7-3-5-9-24(18,32-15(2)29)13-20(22(17)21)27-23(30)19-8-4-6-10-26-19/h4,6,8,10-12,18,20H,3,5,7,9,13H2,1-2H3,(H,27,30)/t18-,20+,24-/m0/s1. The number of carbonyl (C=O) groups is 3. The summed E-state index contributed by atoms with van der Waals surface area (Å²) >= 11 is 0. The first-order valence-corrected chi connectivity index (χ1v) is 10.7. The van der Waals surface area contributed by atoms with Gasteiger partial charge in [0.15, 0.2) is 0 Å². The number of nitrogens with zero attached hydrogens (tertiary/aromatic N) is 1. The van der Waals surface area contributed by atoms with E-state index in [1.807, 2.05) is 0 Å². The second-order valence-corrected chi connectivity index (χ2v) is 8.40. The number of pyridine rings is 1. The molecule has 7 nitrogen and oxygen atoms in total. The molecule has 2 aliphatic rings. The van der Waals surface area contributed by atoms with Crippen molar-refractivity contribution in [2.24, 2.45) is 0 Å². The maximum Gasteiger partial charge on any atom is 0.308 e. The molecular weight excluding hydrogens is 415 g/mol. The quantitative estimate of drug-likeness (QED) is 0.571. The summed E-state index contributed by atoms with van der Waals surface area (Å²) < 4.78 is 25.8. The van der Waals surface area contributed by atoms with E-state index in [0.29, 0.717) is 30.4 Å². The molecule has 8 heteroatoms. The highest BCUT2D eigenvalue weighted by Crippen LogP contribution is 2.55. The molecule has 1 saturated carbocycles. The third kappa shape index (κ3) is 4.22. The lowest BCUT2D eigenvalue weighted by Crippen LogP contribution is -2.50. The van der Waals surface area contributed by atoms with E-state index in [2.05, 4.69) is 10.3 Å². The molecule has 3 atom stereocenters. The Morgan fingerprint density at radius 1 is 1.16 bits per heavy atom. The van der Waals surface area contributed by atoms with Crippen molar-refractivity contribution in [3.05, 3.63) is 59.2 Å². The molecule has 0 unspecified atom stereocenters. The zero-order chi connectivity index (χ0) is 22.9. The molecule has 1 aromatic heterocycles. The lowest BCUT2D eigenvalue weighted by atomic mass is 9.63. The average molecular weight is 440 g/mol. The van der Waals surface area contributed by atoms with Crippen molar-refractivity contribution in [3.63, 3.8) is 0 Å². The van der Waals surface area contributed by atoms with Crippen LogP contribution < -0.4 is 10.1 Å². The number of ether oxygens (including phenoxy) is 2. The van der Waals surface area contributed by atoms with Crippen LogP contribution in [0, 0.1) is 5.82 Å². The lowest BCUT2D eigenvalue weighted by Gasteiger charge is -2.49. The molecule has 2 aliphatic carbocycles. The van der Waals surface area contributed by atoms with E-state index >= 15 is 0 Å². The van der Waals surface area contributed by atoms with E-state index in [0.717, 1.165) is 18.9 Å². The maximum atomic E-state index is 14.6. The molecule has 0 spiro atoms. The van der Waals surface area contributed by atoms with Crippen LogP contribution in [0.2, 0.25) is 0 Å². The smallest absolute Gasteiger partial charge is 0.308 e. The van der Waals surface area contributed by atoms with E-state index in [9.17, 15) is 18.8 Å². The van der Waals surface area contributed by atoms with Gasteiger partial charge in [-0.05, 0) is 43.0 Å². The summed E-state index contributed by atoms with van der Waals surface area (Å²) in [7, 11) is 0. The molecule has 2 aromatic rings. The van der Waals surface area contributed by atoms with Crippen LogP contribution in [0.15, 0.2) is 36.5 Å². The van der Waals surface area contributed by atoms with Gasteiger partial charge < -0.3 is 14.8 Å². The summed E-state index contributed by atoms with van der Waals surface area (Å²) in [5, 5.41) is 2.95. The molecule has 1 aromatic carbocycles. The minimum absolute atomic E-state index is 0.0702. The van der Waals surface area contributed by atoms with Crippen LogP contribution in [0.5, 0.6) is 5.75 Å². The fourth-order valence-corrected chi connectivity index (χ4v) is 5.16. The average Bonchev–Trinajstić information content (AvgIpc) is 2.72. The first-order valence-electron chi connectivity index (χ1n) is 10.7. The highest BCUT2D eigenvalue weighted by Gasteiger charge is 2.52. The second kappa shape index (κ2) is 8.68. The number of rotatable bonds is 4. The normalized spacial score (nSPS) is 24.0. The largest absolute Gasteiger partial charge is 0.459 e. The van der Waals surface area contributed by atoms with Gasteiger partial charge in [0.05, 0.1) is 6.04 Å². The molecule has 0 aliphatic heterocycles. The predicted molar refractivity (Wildman–Crippen MR) is 112 cm³/mol. The molecule has 1 N–H and O–H groups in total. The molecule has 4 rings (SSSR count). The van der Waals surface area contributed by atoms with Gasteiger partial charge in [0.1, 0.15) is 22.9 Å². The Hall–Kier alpha value is -3.29. The van der Waals surface area contributed by atoms with E-state index in [1.54, 1.807) is 18.2 Å². The molecule has 0 bridgehead atoms. The van der Waals surface area contributed by atoms with Crippen LogP contribution in [-0.2, 0) is 14.3 Å². The summed E-state index contributed by atoms with van der Waals surface area (Å²) in [6.07, 6.45) is 4.86. The van der Waals surface area contributed by atoms with Crippen molar-refractivity contribution in [1.82, 2.24) is 10.3 Å². The van der Waals surface area contributed by atoms with Gasteiger partial charge in [-0.1, -0.05) is 12.5 Å². The Morgan fingerprint density at radius 2 is 1.97 bits per heavy atom. The van der Waals surface area contributed by atoms with Gasteiger partial charge in [0.2, 0.25) is 0 Å². The van der Waals surface area contributed by atoms with Crippen molar-refractivity contribution in [2.75, 3.05) is 0 Å². The Morgan fingerprint density at radius 3 is 2.66 bits per heavy atom.